The smallest absolute Gasteiger partial charge is 0.306 e. The summed E-state index contributed by atoms with van der Waals surface area (Å²) in [7, 11) is 0. The van der Waals surface area contributed by atoms with E-state index in [1.807, 2.05) is 0 Å². The van der Waals surface area contributed by atoms with E-state index < -0.39 is 6.10 Å². The van der Waals surface area contributed by atoms with Crippen molar-refractivity contribution in [3.05, 3.63) is 0 Å². The molecule has 0 aromatic rings. The molecular formula is C58H112O6. The number of hydrogen-bond acceptors (Lipinski definition) is 6. The maximum absolute atomic E-state index is 12.8. The first-order valence-electron chi connectivity index (χ1n) is 28.8. The molecule has 6 nitrogen and oxygen atoms in total. The van der Waals surface area contributed by atoms with Crippen molar-refractivity contribution in [2.75, 3.05) is 13.2 Å². The first kappa shape index (κ1) is 62.4. The Morgan fingerprint density at radius 1 is 0.328 bits per heavy atom. The number of ether oxygens (including phenoxy) is 3. The summed E-state index contributed by atoms with van der Waals surface area (Å²) in [5.74, 6) is 0.807. The maximum Gasteiger partial charge on any atom is 0.306 e. The quantitative estimate of drug-likeness (QED) is 0.0344. The van der Waals surface area contributed by atoms with Crippen LogP contribution in [0.1, 0.15) is 324 Å². The molecule has 0 saturated carbocycles. The van der Waals surface area contributed by atoms with Crippen LogP contribution in [0, 0.1) is 11.8 Å². The Kier molecular flexibility index (Phi) is 49.6. The second kappa shape index (κ2) is 50.8. The largest absolute Gasteiger partial charge is 0.462 e. The number of rotatable bonds is 52. The molecule has 0 amide bonds. The molecule has 380 valence electrons. The van der Waals surface area contributed by atoms with Crippen LogP contribution in [0.4, 0.5) is 0 Å². The van der Waals surface area contributed by atoms with Crippen LogP contribution >= 0.6 is 0 Å². The Bertz CT molecular complexity index is 980. The van der Waals surface area contributed by atoms with Gasteiger partial charge in [-0.2, -0.15) is 0 Å². The summed E-state index contributed by atoms with van der Waals surface area (Å²) in [5.41, 5.74) is 0. The van der Waals surface area contributed by atoms with Crippen molar-refractivity contribution in [2.45, 2.75) is 330 Å². The summed E-state index contributed by atoms with van der Waals surface area (Å²) in [4.78, 5) is 38.0. The van der Waals surface area contributed by atoms with E-state index in [2.05, 4.69) is 34.6 Å². The lowest BCUT2D eigenvalue weighted by atomic mass is 9.99. The molecule has 0 fully saturated rings. The fourth-order valence-electron chi connectivity index (χ4n) is 8.84. The van der Waals surface area contributed by atoms with E-state index in [0.717, 1.165) is 69.6 Å². The van der Waals surface area contributed by atoms with E-state index in [4.69, 9.17) is 14.2 Å². The number of hydrogen-bond donors (Lipinski definition) is 0. The molecular weight excluding hydrogens is 793 g/mol. The number of carbonyl (C=O) groups is 3. The van der Waals surface area contributed by atoms with Crippen LogP contribution in [0.5, 0.6) is 0 Å². The van der Waals surface area contributed by atoms with E-state index in [9.17, 15) is 14.4 Å². The maximum atomic E-state index is 12.8. The molecule has 0 aromatic heterocycles. The van der Waals surface area contributed by atoms with Gasteiger partial charge in [-0.05, 0) is 31.1 Å². The van der Waals surface area contributed by atoms with Gasteiger partial charge in [-0.3, -0.25) is 14.4 Å². The van der Waals surface area contributed by atoms with Crippen LogP contribution in [0.2, 0.25) is 0 Å². The van der Waals surface area contributed by atoms with Gasteiger partial charge in [0.05, 0.1) is 0 Å². The van der Waals surface area contributed by atoms with Crippen molar-refractivity contribution in [2.24, 2.45) is 11.8 Å². The van der Waals surface area contributed by atoms with E-state index >= 15 is 0 Å². The molecule has 0 aliphatic rings. The highest BCUT2D eigenvalue weighted by molar-refractivity contribution is 5.71. The molecule has 0 aromatic carbocycles. The highest BCUT2D eigenvalue weighted by atomic mass is 16.6. The summed E-state index contributed by atoms with van der Waals surface area (Å²) in [6.45, 7) is 11.4. The van der Waals surface area contributed by atoms with Crippen molar-refractivity contribution in [3.8, 4) is 0 Å². The Balaban J connectivity index is 4.18. The van der Waals surface area contributed by atoms with Gasteiger partial charge >= 0.3 is 17.9 Å². The fraction of sp³-hybridized carbons (Fsp3) is 0.948. The van der Waals surface area contributed by atoms with Gasteiger partial charge < -0.3 is 14.2 Å². The zero-order valence-electron chi connectivity index (χ0n) is 43.9. The standard InChI is InChI=1S/C58H112O6/c1-6-8-9-10-11-12-13-14-15-16-17-18-19-23-26-29-32-38-43-48-56(59)62-51-55(64-58(61)50-45-40-35-34-36-41-46-53(3)4)52-63-57(60)49-44-39-33-30-27-24-21-20-22-25-28-31-37-42-47-54(5)7-2/h53-55H,6-52H2,1-5H3/t54?,55-/m1/s1. The Morgan fingerprint density at radius 2 is 0.594 bits per heavy atom. The van der Waals surface area contributed by atoms with Crippen LogP contribution in [0.3, 0.4) is 0 Å². The second-order valence-corrected chi connectivity index (χ2v) is 20.6. The van der Waals surface area contributed by atoms with Crippen molar-refractivity contribution in [1.29, 1.82) is 0 Å². The molecule has 0 aliphatic carbocycles. The molecule has 0 aliphatic heterocycles. The van der Waals surface area contributed by atoms with Gasteiger partial charge in [0, 0.05) is 19.3 Å². The highest BCUT2D eigenvalue weighted by Gasteiger charge is 2.19. The summed E-state index contributed by atoms with van der Waals surface area (Å²) in [6, 6.07) is 0. The minimum atomic E-state index is -0.763. The van der Waals surface area contributed by atoms with E-state index in [1.54, 1.807) is 0 Å². The summed E-state index contributed by atoms with van der Waals surface area (Å²) in [5, 5.41) is 0. The van der Waals surface area contributed by atoms with Gasteiger partial charge in [-0.1, -0.05) is 285 Å². The average molecular weight is 906 g/mol. The minimum Gasteiger partial charge on any atom is -0.462 e. The zero-order chi connectivity index (χ0) is 46.8. The molecule has 0 rings (SSSR count). The molecule has 0 spiro atoms. The number of esters is 3. The number of carbonyl (C=O) groups excluding carboxylic acids is 3. The average Bonchev–Trinajstić information content (AvgIpc) is 3.28. The molecule has 0 heterocycles. The van der Waals surface area contributed by atoms with Crippen molar-refractivity contribution in [3.63, 3.8) is 0 Å². The Hall–Kier alpha value is -1.59. The minimum absolute atomic E-state index is 0.0641. The zero-order valence-corrected chi connectivity index (χ0v) is 43.9. The molecule has 0 bridgehead atoms. The van der Waals surface area contributed by atoms with Gasteiger partial charge in [-0.25, -0.2) is 0 Å². The summed E-state index contributed by atoms with van der Waals surface area (Å²) < 4.78 is 16.8. The SMILES string of the molecule is CCCCCCCCCCCCCCCCCCCCCC(=O)OC[C@H](COC(=O)CCCCCCCCCCCCCCCCC(C)CC)OC(=O)CCCCCCCCC(C)C. The third-order valence-corrected chi connectivity index (χ3v) is 13.6. The van der Waals surface area contributed by atoms with Crippen LogP contribution in [-0.2, 0) is 28.6 Å². The fourth-order valence-corrected chi connectivity index (χ4v) is 8.84. The number of unbranched alkanes of at least 4 members (excludes halogenated alkanes) is 36. The van der Waals surface area contributed by atoms with E-state index in [1.165, 1.54) is 212 Å². The van der Waals surface area contributed by atoms with Crippen molar-refractivity contribution in [1.82, 2.24) is 0 Å². The van der Waals surface area contributed by atoms with Crippen molar-refractivity contribution >= 4 is 17.9 Å². The lowest BCUT2D eigenvalue weighted by molar-refractivity contribution is -0.167. The third kappa shape index (κ3) is 49.8. The van der Waals surface area contributed by atoms with Crippen LogP contribution in [-0.4, -0.2) is 37.2 Å². The van der Waals surface area contributed by atoms with E-state index in [0.29, 0.717) is 19.3 Å². The third-order valence-electron chi connectivity index (χ3n) is 13.6. The second-order valence-electron chi connectivity index (χ2n) is 20.6. The molecule has 0 N–H and O–H groups in total. The normalized spacial score (nSPS) is 12.5. The van der Waals surface area contributed by atoms with Gasteiger partial charge in [0.2, 0.25) is 0 Å². The summed E-state index contributed by atoms with van der Waals surface area (Å²) >= 11 is 0. The van der Waals surface area contributed by atoms with Crippen LogP contribution in [0.15, 0.2) is 0 Å². The van der Waals surface area contributed by atoms with Gasteiger partial charge in [0.15, 0.2) is 6.10 Å². The lowest BCUT2D eigenvalue weighted by Gasteiger charge is -2.18. The van der Waals surface area contributed by atoms with Gasteiger partial charge in [0.25, 0.3) is 0 Å². The predicted molar refractivity (Wildman–Crippen MR) is 275 cm³/mol. The first-order chi connectivity index (χ1) is 31.3. The van der Waals surface area contributed by atoms with Gasteiger partial charge in [0.1, 0.15) is 13.2 Å². The molecule has 0 radical (unpaired) electrons. The highest BCUT2D eigenvalue weighted by Crippen LogP contribution is 2.18. The lowest BCUT2D eigenvalue weighted by Crippen LogP contribution is -2.30. The molecule has 2 atom stereocenters. The monoisotopic (exact) mass is 905 g/mol. The molecule has 64 heavy (non-hydrogen) atoms. The van der Waals surface area contributed by atoms with Crippen molar-refractivity contribution < 1.29 is 28.6 Å². The van der Waals surface area contributed by atoms with Gasteiger partial charge in [-0.15, -0.1) is 0 Å². The van der Waals surface area contributed by atoms with Crippen LogP contribution in [0.25, 0.3) is 0 Å². The molecule has 0 saturated heterocycles. The van der Waals surface area contributed by atoms with E-state index in [-0.39, 0.29) is 31.1 Å². The predicted octanol–water partition coefficient (Wildman–Crippen LogP) is 18.9. The molecule has 1 unspecified atom stereocenters. The first-order valence-corrected chi connectivity index (χ1v) is 28.8. The Morgan fingerprint density at radius 3 is 0.891 bits per heavy atom. The molecule has 6 heteroatoms. The topological polar surface area (TPSA) is 78.9 Å². The summed E-state index contributed by atoms with van der Waals surface area (Å²) in [6.07, 6.45) is 54.0. The van der Waals surface area contributed by atoms with Crippen LogP contribution < -0.4 is 0 Å². The Labute approximate surface area is 399 Å².